The molecule has 0 fully saturated rings. The fourth-order valence-electron chi connectivity index (χ4n) is 9.98. The monoisotopic (exact) mass is 714 g/mol. The highest BCUT2D eigenvalue weighted by Crippen LogP contribution is 2.38. The van der Waals surface area contributed by atoms with Gasteiger partial charge in [-0.1, -0.05) is 73.9 Å². The Morgan fingerprint density at radius 2 is 1.04 bits per heavy atom. The fourth-order valence-corrected chi connectivity index (χ4v) is 9.98. The van der Waals surface area contributed by atoms with Crippen LogP contribution in [0.3, 0.4) is 0 Å². The van der Waals surface area contributed by atoms with E-state index in [1.54, 1.807) is 0 Å². The Morgan fingerprint density at radius 1 is 0.544 bits per heavy atom. The molecule has 0 radical (unpaired) electrons. The van der Waals surface area contributed by atoms with Crippen molar-refractivity contribution >= 4 is 243 Å². The van der Waals surface area contributed by atoms with E-state index >= 15 is 0 Å². The molecule has 1 aliphatic carbocycles. The predicted molar refractivity (Wildman–Crippen MR) is 304 cm³/mol. The summed E-state index contributed by atoms with van der Waals surface area (Å²) in [6.45, 7) is 0. The summed E-state index contributed by atoms with van der Waals surface area (Å²) in [6, 6.07) is 13.6. The first-order chi connectivity index (χ1) is 26.8. The van der Waals surface area contributed by atoms with Crippen molar-refractivity contribution in [3.63, 3.8) is 0 Å². The summed E-state index contributed by atoms with van der Waals surface area (Å²) in [7, 11) is 38.7. The summed E-state index contributed by atoms with van der Waals surface area (Å²) in [6.07, 6.45) is 6.91. The zero-order chi connectivity index (χ0) is 41.7. The minimum absolute atomic E-state index is 0.814. The SMILES string of the molecule is B/C(C#C)=C(B)/C(B)=C1\CC(c2c(B)c(B)c(B)c(B)c2B)=c2c(B)c(B)c(B)c(B)c2=C1c1ccc2oc3c(-c4c(B)c(B)c(B)c(B)c4B)cccc3c2c1. The van der Waals surface area contributed by atoms with Gasteiger partial charge in [-0.3, -0.25) is 0 Å². The van der Waals surface area contributed by atoms with Gasteiger partial charge in [0.1, 0.15) is 145 Å². The quantitative estimate of drug-likeness (QED) is 0.131. The molecule has 0 atom stereocenters. The molecule has 6 aromatic rings. The summed E-state index contributed by atoms with van der Waals surface area (Å²) in [5, 5.41) is 5.02. The maximum atomic E-state index is 6.88. The van der Waals surface area contributed by atoms with Crippen LogP contribution in [0.5, 0.6) is 0 Å². The average molecular weight is 712 g/mol. The van der Waals surface area contributed by atoms with Crippen molar-refractivity contribution in [3.8, 4) is 23.5 Å². The van der Waals surface area contributed by atoms with Gasteiger partial charge in [0.25, 0.3) is 0 Å². The lowest BCUT2D eigenvalue weighted by Crippen LogP contribution is -2.66. The summed E-state index contributed by atoms with van der Waals surface area (Å²) in [4.78, 5) is 0. The van der Waals surface area contributed by atoms with Gasteiger partial charge in [-0.2, -0.15) is 0 Å². The molecule has 0 amide bonds. The number of furan rings is 1. The molecule has 0 N–H and O–H groups in total. The molecule has 0 unspecified atom stereocenters. The molecular weight excluding hydrogens is 668 g/mol. The first kappa shape index (κ1) is 41.0. The van der Waals surface area contributed by atoms with E-state index in [4.69, 9.17) is 10.8 Å². The summed E-state index contributed by atoms with van der Waals surface area (Å²) in [5.74, 6) is 2.97. The second kappa shape index (κ2) is 14.9. The minimum Gasteiger partial charge on any atom is -0.455 e. The van der Waals surface area contributed by atoms with Crippen molar-refractivity contribution in [1.82, 2.24) is 0 Å². The Balaban J connectivity index is 1.68. The van der Waals surface area contributed by atoms with Gasteiger partial charge in [0.15, 0.2) is 0 Å². The Bertz CT molecular complexity index is 3020. The van der Waals surface area contributed by atoms with E-state index < -0.39 is 0 Å². The highest BCUT2D eigenvalue weighted by atomic mass is 16.3. The van der Waals surface area contributed by atoms with Crippen molar-refractivity contribution in [2.75, 3.05) is 0 Å². The minimum atomic E-state index is 0.814. The topological polar surface area (TPSA) is 13.1 Å². The number of benzene rings is 5. The Morgan fingerprint density at radius 3 is 1.58 bits per heavy atom. The Kier molecular flexibility index (Phi) is 10.7. The fraction of sp³-hybridized carbons (Fsp3) is 0.0256. The predicted octanol–water partition coefficient (Wildman–Crippen LogP) is -19.3. The van der Waals surface area contributed by atoms with Gasteiger partial charge < -0.3 is 4.42 Å². The normalized spacial score (nSPS) is 14.1. The van der Waals surface area contributed by atoms with Crippen LogP contribution >= 0.6 is 0 Å². The second-order valence-electron chi connectivity index (χ2n) is 17.3. The molecule has 0 bridgehead atoms. The van der Waals surface area contributed by atoms with E-state index in [-0.39, 0.29) is 0 Å². The van der Waals surface area contributed by atoms with Crippen LogP contribution in [0.2, 0.25) is 0 Å². The maximum Gasteiger partial charge on any atom is 0.149 e. The van der Waals surface area contributed by atoms with Crippen LogP contribution in [0.15, 0.2) is 62.8 Å². The van der Waals surface area contributed by atoms with E-state index in [2.05, 4.69) is 176 Å². The van der Waals surface area contributed by atoms with Gasteiger partial charge in [-0.25, -0.2) is 0 Å². The number of fused-ring (bicyclic) bond motifs is 4. The molecule has 57 heavy (non-hydrogen) atoms. The number of rotatable bonds is 4. The van der Waals surface area contributed by atoms with E-state index in [1.165, 1.54) is 131 Å². The van der Waals surface area contributed by atoms with Crippen LogP contribution in [0.1, 0.15) is 17.5 Å². The van der Waals surface area contributed by atoms with Gasteiger partial charge >= 0.3 is 0 Å². The number of terminal acetylenes is 1. The highest BCUT2D eigenvalue weighted by Gasteiger charge is 2.28. The van der Waals surface area contributed by atoms with Crippen LogP contribution in [-0.2, 0) is 0 Å². The second-order valence-corrected chi connectivity index (χ2v) is 17.3. The van der Waals surface area contributed by atoms with Crippen LogP contribution in [-0.4, -0.2) is 133 Å². The molecule has 5 aromatic carbocycles. The molecule has 256 valence electrons. The highest BCUT2D eigenvalue weighted by molar-refractivity contribution is 6.70. The molecule has 0 saturated carbocycles. The lowest BCUT2D eigenvalue weighted by atomic mass is 9.57. The molecule has 0 spiro atoms. The Hall–Kier alpha value is -4.22. The number of hydrogen-bond acceptors (Lipinski definition) is 1. The van der Waals surface area contributed by atoms with Crippen molar-refractivity contribution < 1.29 is 4.42 Å². The van der Waals surface area contributed by atoms with Crippen LogP contribution in [0.25, 0.3) is 44.2 Å². The van der Waals surface area contributed by atoms with E-state index in [0.717, 1.165) is 39.4 Å². The summed E-state index contributed by atoms with van der Waals surface area (Å²) in [5.41, 5.74) is 33.5. The van der Waals surface area contributed by atoms with Crippen molar-refractivity contribution in [2.24, 2.45) is 0 Å². The summed E-state index contributed by atoms with van der Waals surface area (Å²) < 4.78 is 6.88. The maximum absolute atomic E-state index is 6.88. The molecule has 18 heteroatoms. The largest absolute Gasteiger partial charge is 0.455 e. The third-order valence-corrected chi connectivity index (χ3v) is 15.0. The number of para-hydroxylation sites is 1. The van der Waals surface area contributed by atoms with E-state index in [9.17, 15) is 0 Å². The van der Waals surface area contributed by atoms with E-state index in [0.29, 0.717) is 0 Å². The lowest BCUT2D eigenvalue weighted by molar-refractivity contribution is 0.670. The van der Waals surface area contributed by atoms with Crippen molar-refractivity contribution in [2.45, 2.75) is 6.42 Å². The molecule has 0 saturated heterocycles. The average Bonchev–Trinajstić information content (AvgIpc) is 3.59. The smallest absolute Gasteiger partial charge is 0.149 e. The standard InChI is InChI=1S/C39H43B17O/c1-2-16(40)24(42)23(41)15-9-14(21-28(46)34(52)38(56)35(53)29(21)47)19-22(30(48)36(54)31(49)25(19)43)18(15)10-6-7-17-13(8-10)11-4-3-5-12(39(11)57-17)20-26(44)32(50)37(55)33(51)27(20)45/h1,3-8H,9,40-56H2/b23-15-,24-16-. The van der Waals surface area contributed by atoms with Gasteiger partial charge in [-0.05, 0) is 67.9 Å². The zero-order valence-corrected chi connectivity index (χ0v) is 37.7. The molecule has 1 aromatic heterocycles. The van der Waals surface area contributed by atoms with Crippen molar-refractivity contribution in [3.05, 3.63) is 80.0 Å². The first-order valence-electron chi connectivity index (χ1n) is 20.6. The first-order valence-corrected chi connectivity index (χ1v) is 20.6. The van der Waals surface area contributed by atoms with Gasteiger partial charge in [-0.15, -0.1) is 50.1 Å². The van der Waals surface area contributed by atoms with E-state index in [1.807, 2.05) is 0 Å². The Labute approximate surface area is 355 Å². The molecule has 7 rings (SSSR count). The van der Waals surface area contributed by atoms with Gasteiger partial charge in [0.05, 0.1) is 0 Å². The lowest BCUT2D eigenvalue weighted by Gasteiger charge is -2.31. The molecular formula is C39H43B17O. The molecule has 0 aliphatic heterocycles. The van der Waals surface area contributed by atoms with Crippen LogP contribution in [0, 0.1) is 12.3 Å². The molecule has 1 nitrogen and oxygen atoms in total. The third kappa shape index (κ3) is 6.12. The van der Waals surface area contributed by atoms with Crippen LogP contribution < -0.4 is 86.9 Å². The van der Waals surface area contributed by atoms with Crippen LogP contribution in [0.4, 0.5) is 0 Å². The third-order valence-electron chi connectivity index (χ3n) is 15.0. The molecule has 1 aliphatic rings. The zero-order valence-electron chi connectivity index (χ0n) is 37.7. The van der Waals surface area contributed by atoms with Crippen molar-refractivity contribution in [1.29, 1.82) is 0 Å². The van der Waals surface area contributed by atoms with Gasteiger partial charge in [0.2, 0.25) is 0 Å². The number of allylic oxidation sites excluding steroid dienone is 4. The molecule has 1 heterocycles. The van der Waals surface area contributed by atoms with Gasteiger partial charge in [0, 0.05) is 16.3 Å². The number of hydrogen-bond donors (Lipinski definition) is 0. The summed E-state index contributed by atoms with van der Waals surface area (Å²) >= 11 is 0.